The Morgan fingerprint density at radius 3 is 2.70 bits per heavy atom. The summed E-state index contributed by atoms with van der Waals surface area (Å²) in [6.07, 6.45) is 1.98. The summed E-state index contributed by atoms with van der Waals surface area (Å²) >= 11 is 1.83. The molecule has 1 aliphatic rings. The van der Waals surface area contributed by atoms with Gasteiger partial charge in [-0.3, -0.25) is 4.68 Å². The molecule has 0 radical (unpaired) electrons. The molecular weight excluding hydrogens is 270 g/mol. The number of hydrogen-bond donors (Lipinski definition) is 1. The molecule has 3 heterocycles. The van der Waals surface area contributed by atoms with Gasteiger partial charge in [0, 0.05) is 35.7 Å². The molecule has 0 bridgehead atoms. The van der Waals surface area contributed by atoms with Crippen molar-refractivity contribution in [3.63, 3.8) is 0 Å². The van der Waals surface area contributed by atoms with Crippen LogP contribution in [0.2, 0.25) is 0 Å². The van der Waals surface area contributed by atoms with Crippen LogP contribution in [0.1, 0.15) is 37.7 Å². The zero-order chi connectivity index (χ0) is 14.5. The zero-order valence-corrected chi connectivity index (χ0v) is 13.1. The first kappa shape index (κ1) is 13.4. The second kappa shape index (κ2) is 4.48. The number of nitrogens with zero attached hydrogens (tertiary/aromatic N) is 4. The van der Waals surface area contributed by atoms with E-state index in [0.29, 0.717) is 11.6 Å². The van der Waals surface area contributed by atoms with E-state index in [1.165, 1.54) is 0 Å². The third-order valence-corrected chi connectivity index (χ3v) is 4.36. The van der Waals surface area contributed by atoms with Crippen LogP contribution in [0.15, 0.2) is 6.20 Å². The van der Waals surface area contributed by atoms with Crippen molar-refractivity contribution in [2.24, 2.45) is 7.05 Å². The molecule has 0 amide bonds. The molecule has 0 aromatic carbocycles. The van der Waals surface area contributed by atoms with Crippen molar-refractivity contribution >= 4 is 17.6 Å². The summed E-state index contributed by atoms with van der Waals surface area (Å²) < 4.78 is 1.82. The molecular formula is C14H19N5S. The number of aromatic nitrogens is 4. The minimum absolute atomic E-state index is 0.0531. The van der Waals surface area contributed by atoms with Gasteiger partial charge in [-0.05, 0) is 0 Å². The summed E-state index contributed by atoms with van der Waals surface area (Å²) in [7, 11) is 1.92. The molecule has 3 rings (SSSR count). The van der Waals surface area contributed by atoms with Gasteiger partial charge < -0.3 is 5.73 Å². The normalized spacial score (nSPS) is 14.6. The van der Waals surface area contributed by atoms with E-state index >= 15 is 0 Å². The summed E-state index contributed by atoms with van der Waals surface area (Å²) in [4.78, 5) is 9.21. The quantitative estimate of drug-likeness (QED) is 0.873. The average molecular weight is 289 g/mol. The zero-order valence-electron chi connectivity index (χ0n) is 12.3. The van der Waals surface area contributed by atoms with E-state index < -0.39 is 0 Å². The minimum Gasteiger partial charge on any atom is -0.383 e. The lowest BCUT2D eigenvalue weighted by Crippen LogP contribution is -2.14. The SMILES string of the molecule is Cn1cc(-c2nc(N)c3c(n2)CSC3)c(C(C)(C)C)n1. The number of rotatable bonds is 1. The van der Waals surface area contributed by atoms with E-state index in [4.69, 9.17) is 10.7 Å². The van der Waals surface area contributed by atoms with E-state index in [9.17, 15) is 0 Å². The second-order valence-electron chi connectivity index (χ2n) is 6.17. The lowest BCUT2D eigenvalue weighted by atomic mass is 9.89. The Kier molecular flexibility index (Phi) is 3.01. The molecule has 1 aliphatic heterocycles. The average Bonchev–Trinajstić information content (AvgIpc) is 2.94. The van der Waals surface area contributed by atoms with Gasteiger partial charge in [-0.25, -0.2) is 9.97 Å². The van der Waals surface area contributed by atoms with E-state index in [1.54, 1.807) is 0 Å². The molecule has 106 valence electrons. The van der Waals surface area contributed by atoms with Gasteiger partial charge >= 0.3 is 0 Å². The van der Waals surface area contributed by atoms with Crippen LogP contribution in [-0.2, 0) is 24.0 Å². The van der Waals surface area contributed by atoms with Gasteiger partial charge in [0.15, 0.2) is 5.82 Å². The lowest BCUT2D eigenvalue weighted by Gasteiger charge is -2.17. The maximum absolute atomic E-state index is 6.08. The standard InChI is InChI=1S/C14H19N5S/c1-14(2,3)11-8(5-19(4)18-11)13-16-10-7-20-6-9(10)12(15)17-13/h5H,6-7H2,1-4H3,(H2,15,16,17). The first-order valence-corrected chi connectivity index (χ1v) is 7.79. The van der Waals surface area contributed by atoms with Crippen LogP contribution in [-0.4, -0.2) is 19.7 Å². The summed E-state index contributed by atoms with van der Waals surface area (Å²) in [5, 5.41) is 4.57. The Labute approximate surface area is 123 Å². The molecule has 0 spiro atoms. The van der Waals surface area contributed by atoms with Crippen molar-refractivity contribution in [2.45, 2.75) is 37.7 Å². The summed E-state index contributed by atoms with van der Waals surface area (Å²) in [6.45, 7) is 6.43. The molecule has 0 saturated heterocycles. The topological polar surface area (TPSA) is 69.6 Å². The third kappa shape index (κ3) is 2.18. The number of nitrogens with two attached hydrogens (primary N) is 1. The van der Waals surface area contributed by atoms with Crippen molar-refractivity contribution in [2.75, 3.05) is 5.73 Å². The van der Waals surface area contributed by atoms with Crippen LogP contribution in [0.3, 0.4) is 0 Å². The fraction of sp³-hybridized carbons (Fsp3) is 0.500. The largest absolute Gasteiger partial charge is 0.383 e. The van der Waals surface area contributed by atoms with Crippen LogP contribution in [0.5, 0.6) is 0 Å². The van der Waals surface area contributed by atoms with Crippen molar-refractivity contribution in [1.82, 2.24) is 19.7 Å². The number of fused-ring (bicyclic) bond motifs is 1. The highest BCUT2D eigenvalue weighted by molar-refractivity contribution is 7.98. The third-order valence-electron chi connectivity index (χ3n) is 3.39. The van der Waals surface area contributed by atoms with Gasteiger partial charge in [-0.2, -0.15) is 16.9 Å². The van der Waals surface area contributed by atoms with Crippen LogP contribution >= 0.6 is 11.8 Å². The molecule has 0 saturated carbocycles. The predicted octanol–water partition coefficient (Wildman–Crippen LogP) is 2.50. The van der Waals surface area contributed by atoms with Crippen molar-refractivity contribution in [3.05, 3.63) is 23.1 Å². The molecule has 20 heavy (non-hydrogen) atoms. The predicted molar refractivity (Wildman–Crippen MR) is 82.3 cm³/mol. The van der Waals surface area contributed by atoms with Gasteiger partial charge in [-0.15, -0.1) is 0 Å². The number of thioether (sulfide) groups is 1. The van der Waals surface area contributed by atoms with Crippen LogP contribution in [0, 0.1) is 0 Å². The summed E-state index contributed by atoms with van der Waals surface area (Å²) in [6, 6.07) is 0. The van der Waals surface area contributed by atoms with Gasteiger partial charge in [0.05, 0.1) is 17.0 Å². The Morgan fingerprint density at radius 2 is 2.00 bits per heavy atom. The highest BCUT2D eigenvalue weighted by Crippen LogP contribution is 2.35. The molecule has 0 fully saturated rings. The number of nitrogen functional groups attached to an aromatic ring is 1. The lowest BCUT2D eigenvalue weighted by molar-refractivity contribution is 0.554. The molecule has 0 unspecified atom stereocenters. The molecule has 2 aromatic heterocycles. The Morgan fingerprint density at radius 1 is 1.25 bits per heavy atom. The van der Waals surface area contributed by atoms with Crippen LogP contribution in [0.4, 0.5) is 5.82 Å². The molecule has 5 nitrogen and oxygen atoms in total. The van der Waals surface area contributed by atoms with Crippen molar-refractivity contribution < 1.29 is 0 Å². The highest BCUT2D eigenvalue weighted by atomic mass is 32.2. The molecule has 0 atom stereocenters. The first-order chi connectivity index (χ1) is 9.36. The van der Waals surface area contributed by atoms with Crippen molar-refractivity contribution in [1.29, 1.82) is 0 Å². The van der Waals surface area contributed by atoms with E-state index in [2.05, 4.69) is 30.9 Å². The molecule has 2 aromatic rings. The second-order valence-corrected chi connectivity index (χ2v) is 7.15. The van der Waals surface area contributed by atoms with Gasteiger partial charge in [0.1, 0.15) is 5.82 Å². The van der Waals surface area contributed by atoms with Crippen LogP contribution in [0.25, 0.3) is 11.4 Å². The molecule has 2 N–H and O–H groups in total. The Bertz CT molecular complexity index is 669. The van der Waals surface area contributed by atoms with Gasteiger partial charge in [0.25, 0.3) is 0 Å². The maximum Gasteiger partial charge on any atom is 0.165 e. The van der Waals surface area contributed by atoms with E-state index in [-0.39, 0.29) is 5.41 Å². The number of anilines is 1. The number of hydrogen-bond acceptors (Lipinski definition) is 5. The van der Waals surface area contributed by atoms with E-state index in [0.717, 1.165) is 34.0 Å². The summed E-state index contributed by atoms with van der Waals surface area (Å²) in [5.74, 6) is 3.14. The Balaban J connectivity index is 2.17. The first-order valence-electron chi connectivity index (χ1n) is 6.64. The van der Waals surface area contributed by atoms with Crippen LogP contribution < -0.4 is 5.73 Å². The van der Waals surface area contributed by atoms with Gasteiger partial charge in [0.2, 0.25) is 0 Å². The minimum atomic E-state index is -0.0531. The fourth-order valence-corrected chi connectivity index (χ4v) is 3.46. The maximum atomic E-state index is 6.08. The molecule has 6 heteroatoms. The monoisotopic (exact) mass is 289 g/mol. The van der Waals surface area contributed by atoms with E-state index in [1.807, 2.05) is 29.7 Å². The molecule has 0 aliphatic carbocycles. The van der Waals surface area contributed by atoms with Crippen molar-refractivity contribution in [3.8, 4) is 11.4 Å². The summed E-state index contributed by atoms with van der Waals surface area (Å²) in [5.41, 5.74) is 10.2. The Hall–Kier alpha value is -1.56. The highest BCUT2D eigenvalue weighted by Gasteiger charge is 2.26. The fourth-order valence-electron chi connectivity index (χ4n) is 2.40. The number of aryl methyl sites for hydroxylation is 1. The smallest absolute Gasteiger partial charge is 0.165 e. The van der Waals surface area contributed by atoms with Gasteiger partial charge in [-0.1, -0.05) is 20.8 Å².